The average molecular weight is 330 g/mol. The summed E-state index contributed by atoms with van der Waals surface area (Å²) in [6.07, 6.45) is -13.2. The SMILES string of the molecule is OCCC(O)C(O)(C(O)CCO)[C@H](O)[C@@H](O)[C@H](O)[C@H](O)CO. The van der Waals surface area contributed by atoms with Crippen molar-refractivity contribution in [3.63, 3.8) is 0 Å². The van der Waals surface area contributed by atoms with Crippen LogP contribution in [0.5, 0.6) is 0 Å². The van der Waals surface area contributed by atoms with E-state index in [-0.39, 0.29) is 0 Å². The highest BCUT2D eigenvalue weighted by Gasteiger charge is 2.52. The molecule has 0 aromatic carbocycles. The molecule has 0 heterocycles. The summed E-state index contributed by atoms with van der Waals surface area (Å²) in [4.78, 5) is 0. The molecule has 134 valence electrons. The van der Waals surface area contributed by atoms with Crippen LogP contribution in [0, 0.1) is 0 Å². The molecule has 2 unspecified atom stereocenters. The molecular formula is C12H26O10. The second-order valence-electron chi connectivity index (χ2n) is 5.12. The van der Waals surface area contributed by atoms with E-state index in [1.54, 1.807) is 0 Å². The molecule has 0 saturated carbocycles. The van der Waals surface area contributed by atoms with E-state index in [1.807, 2.05) is 0 Å². The van der Waals surface area contributed by atoms with Crippen LogP contribution < -0.4 is 0 Å². The largest absolute Gasteiger partial charge is 0.396 e. The zero-order chi connectivity index (χ0) is 17.5. The lowest BCUT2D eigenvalue weighted by atomic mass is 9.78. The van der Waals surface area contributed by atoms with Crippen molar-refractivity contribution in [2.75, 3.05) is 19.8 Å². The first-order chi connectivity index (χ1) is 10.2. The Bertz CT molecular complexity index is 290. The van der Waals surface area contributed by atoms with E-state index in [9.17, 15) is 35.7 Å². The van der Waals surface area contributed by atoms with Gasteiger partial charge in [0, 0.05) is 13.2 Å². The molecule has 10 heteroatoms. The third-order valence-electron chi connectivity index (χ3n) is 3.60. The Hall–Kier alpha value is -0.400. The first kappa shape index (κ1) is 21.6. The molecule has 0 spiro atoms. The van der Waals surface area contributed by atoms with Crippen molar-refractivity contribution in [1.82, 2.24) is 0 Å². The molecule has 0 aromatic rings. The Labute approximate surface area is 127 Å². The number of hydrogen-bond acceptors (Lipinski definition) is 10. The van der Waals surface area contributed by atoms with Gasteiger partial charge < -0.3 is 51.1 Å². The smallest absolute Gasteiger partial charge is 0.145 e. The topological polar surface area (TPSA) is 202 Å². The van der Waals surface area contributed by atoms with E-state index < -0.39 is 74.9 Å². The van der Waals surface area contributed by atoms with Crippen LogP contribution in [-0.2, 0) is 0 Å². The summed E-state index contributed by atoms with van der Waals surface area (Å²) < 4.78 is 0. The number of rotatable bonds is 11. The maximum absolute atomic E-state index is 10.4. The summed E-state index contributed by atoms with van der Waals surface area (Å²) in [5, 5.41) is 94.9. The standard InChI is InChI=1S/C12H26O10/c13-3-1-7(17)12(22,8(18)2-4-14)11(21)10(20)9(19)6(16)5-15/h6-11,13-22H,1-5H2/t6-,7?,8?,9-,10+,11-,12?/m1/s1. The fraction of sp³-hybridized carbons (Fsp3) is 1.00. The van der Waals surface area contributed by atoms with Gasteiger partial charge in [-0.05, 0) is 12.8 Å². The summed E-state index contributed by atoms with van der Waals surface area (Å²) in [7, 11) is 0. The molecule has 10 N–H and O–H groups in total. The summed E-state index contributed by atoms with van der Waals surface area (Å²) in [6.45, 7) is -2.17. The first-order valence-corrected chi connectivity index (χ1v) is 6.81. The van der Waals surface area contributed by atoms with E-state index in [4.69, 9.17) is 15.3 Å². The molecule has 0 aromatic heterocycles. The number of hydrogen-bond donors (Lipinski definition) is 10. The second kappa shape index (κ2) is 9.67. The van der Waals surface area contributed by atoms with Crippen molar-refractivity contribution < 1.29 is 51.1 Å². The van der Waals surface area contributed by atoms with Crippen LogP contribution in [-0.4, -0.2) is 113 Å². The van der Waals surface area contributed by atoms with Crippen molar-refractivity contribution in [3.05, 3.63) is 0 Å². The lowest BCUT2D eigenvalue weighted by molar-refractivity contribution is -0.242. The van der Waals surface area contributed by atoms with Gasteiger partial charge in [0.25, 0.3) is 0 Å². The fourth-order valence-electron chi connectivity index (χ4n) is 2.12. The van der Waals surface area contributed by atoms with Gasteiger partial charge in [-0.25, -0.2) is 0 Å². The first-order valence-electron chi connectivity index (χ1n) is 6.81. The maximum Gasteiger partial charge on any atom is 0.145 e. The molecule has 22 heavy (non-hydrogen) atoms. The second-order valence-corrected chi connectivity index (χ2v) is 5.12. The molecule has 0 fully saturated rings. The van der Waals surface area contributed by atoms with Gasteiger partial charge in [0.15, 0.2) is 0 Å². The molecule has 10 nitrogen and oxygen atoms in total. The van der Waals surface area contributed by atoms with Gasteiger partial charge in [0.1, 0.15) is 30.0 Å². The minimum atomic E-state index is -2.79. The normalized spacial score (nSPS) is 23.2. The van der Waals surface area contributed by atoms with Crippen molar-refractivity contribution in [2.45, 2.75) is 55.1 Å². The quantitative estimate of drug-likeness (QED) is 0.174. The minimum Gasteiger partial charge on any atom is -0.396 e. The molecular weight excluding hydrogens is 304 g/mol. The Morgan fingerprint density at radius 3 is 1.41 bits per heavy atom. The van der Waals surface area contributed by atoms with E-state index in [0.29, 0.717) is 0 Å². The summed E-state index contributed by atoms with van der Waals surface area (Å²) in [5.74, 6) is 0. The van der Waals surface area contributed by atoms with Gasteiger partial charge in [-0.1, -0.05) is 0 Å². The molecule has 0 bridgehead atoms. The predicted molar refractivity (Wildman–Crippen MR) is 71.5 cm³/mol. The van der Waals surface area contributed by atoms with Crippen LogP contribution in [0.3, 0.4) is 0 Å². The van der Waals surface area contributed by atoms with E-state index in [1.165, 1.54) is 0 Å². The lowest BCUT2D eigenvalue weighted by Crippen LogP contribution is -2.66. The molecule has 0 aliphatic heterocycles. The molecule has 0 radical (unpaired) electrons. The highest BCUT2D eigenvalue weighted by molar-refractivity contribution is 5.03. The Balaban J connectivity index is 5.39. The predicted octanol–water partition coefficient (Wildman–Crippen LogP) is -5.36. The highest BCUT2D eigenvalue weighted by Crippen LogP contribution is 2.28. The number of aliphatic hydroxyl groups excluding tert-OH is 9. The fourth-order valence-corrected chi connectivity index (χ4v) is 2.12. The molecule has 6 atom stereocenters. The summed E-state index contributed by atoms with van der Waals surface area (Å²) >= 11 is 0. The van der Waals surface area contributed by atoms with Crippen LogP contribution in [0.25, 0.3) is 0 Å². The Morgan fingerprint density at radius 2 is 1.09 bits per heavy atom. The van der Waals surface area contributed by atoms with Crippen molar-refractivity contribution >= 4 is 0 Å². The zero-order valence-electron chi connectivity index (χ0n) is 12.0. The van der Waals surface area contributed by atoms with E-state index in [2.05, 4.69) is 0 Å². The molecule has 0 aliphatic carbocycles. The van der Waals surface area contributed by atoms with Gasteiger partial charge in [-0.15, -0.1) is 0 Å². The third-order valence-corrected chi connectivity index (χ3v) is 3.60. The Kier molecular flexibility index (Phi) is 9.50. The highest BCUT2D eigenvalue weighted by atomic mass is 16.4. The van der Waals surface area contributed by atoms with Gasteiger partial charge >= 0.3 is 0 Å². The average Bonchev–Trinajstić information content (AvgIpc) is 2.51. The zero-order valence-corrected chi connectivity index (χ0v) is 12.0. The van der Waals surface area contributed by atoms with Crippen molar-refractivity contribution in [3.8, 4) is 0 Å². The summed E-state index contributed by atoms with van der Waals surface area (Å²) in [6, 6.07) is 0. The van der Waals surface area contributed by atoms with Crippen LogP contribution in [0.15, 0.2) is 0 Å². The summed E-state index contributed by atoms with van der Waals surface area (Å²) in [5.41, 5.74) is -2.79. The van der Waals surface area contributed by atoms with Crippen LogP contribution in [0.4, 0.5) is 0 Å². The monoisotopic (exact) mass is 330 g/mol. The lowest BCUT2D eigenvalue weighted by Gasteiger charge is -2.43. The van der Waals surface area contributed by atoms with E-state index in [0.717, 1.165) is 0 Å². The van der Waals surface area contributed by atoms with Gasteiger partial charge in [-0.2, -0.15) is 0 Å². The van der Waals surface area contributed by atoms with Crippen LogP contribution in [0.1, 0.15) is 12.8 Å². The minimum absolute atomic E-state index is 0.471. The molecule has 0 aliphatic rings. The maximum atomic E-state index is 10.4. The number of aliphatic hydroxyl groups is 10. The van der Waals surface area contributed by atoms with Crippen molar-refractivity contribution in [2.24, 2.45) is 0 Å². The van der Waals surface area contributed by atoms with Gasteiger partial charge in [0.2, 0.25) is 0 Å². The molecule has 0 rings (SSSR count). The Morgan fingerprint density at radius 1 is 0.682 bits per heavy atom. The van der Waals surface area contributed by atoms with Crippen LogP contribution >= 0.6 is 0 Å². The van der Waals surface area contributed by atoms with Crippen molar-refractivity contribution in [1.29, 1.82) is 0 Å². The third kappa shape index (κ3) is 4.80. The van der Waals surface area contributed by atoms with Gasteiger partial charge in [0.05, 0.1) is 18.8 Å². The van der Waals surface area contributed by atoms with Crippen LogP contribution in [0.2, 0.25) is 0 Å². The van der Waals surface area contributed by atoms with E-state index >= 15 is 0 Å². The molecule has 0 saturated heterocycles. The van der Waals surface area contributed by atoms with Gasteiger partial charge in [-0.3, -0.25) is 0 Å². The molecule has 0 amide bonds.